The topological polar surface area (TPSA) is 95.5 Å². The molecule has 118 valence electrons. The van der Waals surface area contributed by atoms with Crippen molar-refractivity contribution in [2.24, 2.45) is 0 Å². The summed E-state index contributed by atoms with van der Waals surface area (Å²) in [6, 6.07) is 5.05. The minimum atomic E-state index is -3.84. The molecule has 1 aromatic rings. The number of carbonyl (C=O) groups excluding carboxylic acids is 1. The van der Waals surface area contributed by atoms with Gasteiger partial charge in [0.05, 0.1) is 11.5 Å². The molecular weight excluding hydrogens is 312 g/mol. The minimum Gasteiger partial charge on any atom is -0.394 e. The van der Waals surface area contributed by atoms with Crippen LogP contribution in [0.1, 0.15) is 5.56 Å². The Labute approximate surface area is 129 Å². The zero-order valence-corrected chi connectivity index (χ0v) is 13.6. The van der Waals surface area contributed by atoms with Crippen LogP contribution in [-0.2, 0) is 14.8 Å². The van der Waals surface area contributed by atoms with Crippen molar-refractivity contribution in [3.8, 4) is 0 Å². The maximum Gasteiger partial charge on any atom is 0.241 e. The number of aliphatic hydroxyl groups excluding tert-OH is 1. The van der Waals surface area contributed by atoms with Gasteiger partial charge in [-0.1, -0.05) is 17.7 Å². The lowest BCUT2D eigenvalue weighted by Crippen LogP contribution is -2.49. The van der Waals surface area contributed by atoms with Crippen LogP contribution in [0.25, 0.3) is 0 Å². The number of rotatable bonds is 8. The second kappa shape index (κ2) is 8.38. The van der Waals surface area contributed by atoms with Crippen LogP contribution in [0.2, 0.25) is 0 Å². The predicted molar refractivity (Wildman–Crippen MR) is 83.8 cm³/mol. The molecular formula is C13H20N2O4S2. The van der Waals surface area contributed by atoms with E-state index < -0.39 is 28.6 Å². The number of hydrogen-bond acceptors (Lipinski definition) is 5. The van der Waals surface area contributed by atoms with Crippen LogP contribution >= 0.6 is 11.8 Å². The average Bonchev–Trinajstić information content (AvgIpc) is 2.45. The molecule has 1 rings (SSSR count). The van der Waals surface area contributed by atoms with E-state index in [0.717, 1.165) is 5.56 Å². The molecule has 0 radical (unpaired) electrons. The van der Waals surface area contributed by atoms with E-state index in [1.165, 1.54) is 12.1 Å². The lowest BCUT2D eigenvalue weighted by Gasteiger charge is -2.16. The summed E-state index contributed by atoms with van der Waals surface area (Å²) in [6.45, 7) is 1.67. The van der Waals surface area contributed by atoms with Crippen LogP contribution in [0, 0.1) is 6.92 Å². The SMILES string of the molecule is CSCCNC(=O)[C@H](CO)NS(=O)(=O)c1ccc(C)cc1. The van der Waals surface area contributed by atoms with Gasteiger partial charge in [0.15, 0.2) is 0 Å². The van der Waals surface area contributed by atoms with Crippen LogP contribution < -0.4 is 10.0 Å². The summed E-state index contributed by atoms with van der Waals surface area (Å²) >= 11 is 1.56. The molecule has 6 nitrogen and oxygen atoms in total. The normalized spacial score (nSPS) is 12.9. The van der Waals surface area contributed by atoms with Crippen molar-refractivity contribution in [3.63, 3.8) is 0 Å². The second-order valence-electron chi connectivity index (χ2n) is 4.45. The van der Waals surface area contributed by atoms with Crippen LogP contribution in [0.5, 0.6) is 0 Å². The number of amides is 1. The van der Waals surface area contributed by atoms with Gasteiger partial charge in [0.25, 0.3) is 0 Å². The molecule has 0 aliphatic carbocycles. The summed E-state index contributed by atoms with van der Waals surface area (Å²) in [7, 11) is -3.84. The summed E-state index contributed by atoms with van der Waals surface area (Å²) < 4.78 is 26.5. The zero-order chi connectivity index (χ0) is 15.9. The summed E-state index contributed by atoms with van der Waals surface area (Å²) in [6.07, 6.45) is 1.90. The van der Waals surface area contributed by atoms with Gasteiger partial charge in [-0.25, -0.2) is 8.42 Å². The van der Waals surface area contributed by atoms with Crippen molar-refractivity contribution in [3.05, 3.63) is 29.8 Å². The molecule has 0 heterocycles. The van der Waals surface area contributed by atoms with Gasteiger partial charge < -0.3 is 10.4 Å². The highest BCUT2D eigenvalue weighted by molar-refractivity contribution is 7.98. The molecule has 0 aliphatic heterocycles. The first-order valence-electron chi connectivity index (χ1n) is 6.37. The van der Waals surface area contributed by atoms with Crippen LogP contribution in [0.3, 0.4) is 0 Å². The number of hydrogen-bond donors (Lipinski definition) is 3. The fraction of sp³-hybridized carbons (Fsp3) is 0.462. The monoisotopic (exact) mass is 332 g/mol. The van der Waals surface area contributed by atoms with E-state index in [9.17, 15) is 18.3 Å². The van der Waals surface area contributed by atoms with E-state index in [0.29, 0.717) is 12.3 Å². The fourth-order valence-corrected chi connectivity index (χ4v) is 3.04. The van der Waals surface area contributed by atoms with Crippen LogP contribution in [0.15, 0.2) is 29.2 Å². The van der Waals surface area contributed by atoms with E-state index in [1.54, 1.807) is 23.9 Å². The molecule has 0 bridgehead atoms. The Morgan fingerprint density at radius 1 is 1.33 bits per heavy atom. The van der Waals surface area contributed by atoms with Crippen molar-refractivity contribution in [1.29, 1.82) is 0 Å². The standard InChI is InChI=1S/C13H20N2O4S2/c1-10-3-5-11(6-4-10)21(18,19)15-12(9-16)13(17)14-7-8-20-2/h3-6,12,15-16H,7-9H2,1-2H3,(H,14,17)/t12-/m0/s1. The van der Waals surface area contributed by atoms with Crippen LogP contribution in [-0.4, -0.2) is 50.6 Å². The first-order valence-corrected chi connectivity index (χ1v) is 9.25. The van der Waals surface area contributed by atoms with Gasteiger partial charge in [0.1, 0.15) is 6.04 Å². The van der Waals surface area contributed by atoms with E-state index >= 15 is 0 Å². The van der Waals surface area contributed by atoms with E-state index in [2.05, 4.69) is 10.0 Å². The molecule has 0 spiro atoms. The molecule has 21 heavy (non-hydrogen) atoms. The number of aliphatic hydroxyl groups is 1. The van der Waals surface area contributed by atoms with Crippen LogP contribution in [0.4, 0.5) is 0 Å². The summed E-state index contributed by atoms with van der Waals surface area (Å²) in [5.41, 5.74) is 0.933. The third-order valence-electron chi connectivity index (χ3n) is 2.73. The van der Waals surface area contributed by atoms with Crippen molar-refractivity contribution >= 4 is 27.7 Å². The number of benzene rings is 1. The molecule has 0 fully saturated rings. The first kappa shape index (κ1) is 18.0. The van der Waals surface area contributed by atoms with Crippen molar-refractivity contribution in [1.82, 2.24) is 10.0 Å². The molecule has 0 aliphatic rings. The molecule has 0 saturated heterocycles. The largest absolute Gasteiger partial charge is 0.394 e. The van der Waals surface area contributed by atoms with Crippen molar-refractivity contribution < 1.29 is 18.3 Å². The quantitative estimate of drug-likeness (QED) is 0.588. The lowest BCUT2D eigenvalue weighted by atomic mass is 10.2. The molecule has 0 saturated carbocycles. The van der Waals surface area contributed by atoms with Gasteiger partial charge in [0, 0.05) is 12.3 Å². The van der Waals surface area contributed by atoms with E-state index in [-0.39, 0.29) is 4.90 Å². The third-order valence-corrected chi connectivity index (χ3v) is 4.83. The molecule has 1 amide bonds. The minimum absolute atomic E-state index is 0.0588. The number of aryl methyl sites for hydroxylation is 1. The van der Waals surface area contributed by atoms with Gasteiger partial charge in [-0.3, -0.25) is 4.79 Å². The molecule has 1 atom stereocenters. The maximum absolute atomic E-state index is 12.1. The lowest BCUT2D eigenvalue weighted by molar-refractivity contribution is -0.123. The highest BCUT2D eigenvalue weighted by Crippen LogP contribution is 2.10. The molecule has 1 aromatic carbocycles. The van der Waals surface area contributed by atoms with Gasteiger partial charge in [-0.2, -0.15) is 16.5 Å². The van der Waals surface area contributed by atoms with Gasteiger partial charge >= 0.3 is 0 Å². The Bertz CT molecular complexity index is 558. The fourth-order valence-electron chi connectivity index (χ4n) is 1.55. The Morgan fingerprint density at radius 3 is 2.48 bits per heavy atom. The Kier molecular flexibility index (Phi) is 7.16. The number of nitrogens with one attached hydrogen (secondary N) is 2. The molecule has 0 aromatic heterocycles. The zero-order valence-electron chi connectivity index (χ0n) is 12.0. The Hall–Kier alpha value is -1.09. The molecule has 8 heteroatoms. The first-order chi connectivity index (χ1) is 9.90. The Balaban J connectivity index is 2.75. The third kappa shape index (κ3) is 5.66. The number of sulfonamides is 1. The highest BCUT2D eigenvalue weighted by Gasteiger charge is 2.24. The number of carbonyl (C=O) groups is 1. The van der Waals surface area contributed by atoms with E-state index in [1.807, 2.05) is 13.2 Å². The van der Waals surface area contributed by atoms with Gasteiger partial charge in [-0.05, 0) is 25.3 Å². The molecule has 0 unspecified atom stereocenters. The predicted octanol–water partition coefficient (Wildman–Crippen LogP) is 0.113. The molecule has 3 N–H and O–H groups in total. The van der Waals surface area contributed by atoms with Crippen molar-refractivity contribution in [2.75, 3.05) is 25.2 Å². The van der Waals surface area contributed by atoms with Gasteiger partial charge in [0.2, 0.25) is 15.9 Å². The number of thioether (sulfide) groups is 1. The van der Waals surface area contributed by atoms with Crippen molar-refractivity contribution in [2.45, 2.75) is 17.9 Å². The van der Waals surface area contributed by atoms with Gasteiger partial charge in [-0.15, -0.1) is 0 Å². The summed E-state index contributed by atoms with van der Waals surface area (Å²) in [5, 5.41) is 11.8. The maximum atomic E-state index is 12.1. The summed E-state index contributed by atoms with van der Waals surface area (Å²) in [5.74, 6) is 0.177. The van der Waals surface area contributed by atoms with E-state index in [4.69, 9.17) is 0 Å². The summed E-state index contributed by atoms with van der Waals surface area (Å²) in [4.78, 5) is 11.9. The second-order valence-corrected chi connectivity index (χ2v) is 7.15. The smallest absolute Gasteiger partial charge is 0.241 e. The average molecular weight is 332 g/mol. The Morgan fingerprint density at radius 2 is 1.95 bits per heavy atom. The highest BCUT2D eigenvalue weighted by atomic mass is 32.2.